The zero-order valence-electron chi connectivity index (χ0n) is 14.6. The second-order valence-corrected chi connectivity index (χ2v) is 8.76. The van der Waals surface area contributed by atoms with Gasteiger partial charge in [-0.25, -0.2) is 0 Å². The molecular weight excluding hydrogens is 292 g/mol. The summed E-state index contributed by atoms with van der Waals surface area (Å²) in [6.45, 7) is 5.85. The van der Waals surface area contributed by atoms with Gasteiger partial charge in [0, 0.05) is 6.92 Å². The van der Waals surface area contributed by atoms with Crippen LogP contribution in [0.1, 0.15) is 72.1 Å². The largest absolute Gasteiger partial charge is 0.481 e. The third-order valence-corrected chi connectivity index (χ3v) is 7.36. The number of ether oxygens (including phenoxy) is 1. The Morgan fingerprint density at radius 3 is 2.48 bits per heavy atom. The lowest BCUT2D eigenvalue weighted by molar-refractivity contribution is -0.162. The minimum Gasteiger partial charge on any atom is -0.481 e. The Morgan fingerprint density at radius 1 is 1.09 bits per heavy atom. The van der Waals surface area contributed by atoms with Crippen LogP contribution in [-0.2, 0) is 14.3 Å². The quantitative estimate of drug-likeness (QED) is 0.780. The minimum atomic E-state index is -0.623. The molecule has 0 spiro atoms. The van der Waals surface area contributed by atoms with E-state index < -0.39 is 11.4 Å². The van der Waals surface area contributed by atoms with E-state index in [1.165, 1.54) is 6.92 Å². The molecule has 23 heavy (non-hydrogen) atoms. The molecule has 0 aliphatic heterocycles. The second kappa shape index (κ2) is 5.78. The summed E-state index contributed by atoms with van der Waals surface area (Å²) in [7, 11) is 0. The molecule has 4 heteroatoms. The lowest BCUT2D eigenvalue weighted by atomic mass is 9.47. The molecule has 0 radical (unpaired) electrons. The van der Waals surface area contributed by atoms with E-state index in [1.54, 1.807) is 0 Å². The lowest BCUT2D eigenvalue weighted by Gasteiger charge is -2.58. The molecule has 0 aromatic heterocycles. The summed E-state index contributed by atoms with van der Waals surface area (Å²) in [6, 6.07) is 0. The Kier molecular flexibility index (Phi) is 4.22. The molecule has 3 aliphatic carbocycles. The zero-order valence-corrected chi connectivity index (χ0v) is 14.6. The first-order chi connectivity index (χ1) is 10.7. The third-order valence-electron chi connectivity index (χ3n) is 7.36. The molecule has 0 heterocycles. The predicted molar refractivity (Wildman–Crippen MR) is 86.8 cm³/mol. The molecule has 4 nitrogen and oxygen atoms in total. The van der Waals surface area contributed by atoms with E-state index >= 15 is 0 Å². The predicted octanol–water partition coefficient (Wildman–Crippen LogP) is 4.03. The Hall–Kier alpha value is -1.06. The fourth-order valence-electron chi connectivity index (χ4n) is 5.97. The smallest absolute Gasteiger partial charge is 0.309 e. The molecule has 3 fully saturated rings. The van der Waals surface area contributed by atoms with E-state index in [9.17, 15) is 14.7 Å². The van der Waals surface area contributed by atoms with Crippen LogP contribution in [0, 0.1) is 28.6 Å². The highest BCUT2D eigenvalue weighted by Gasteiger charge is 2.55. The second-order valence-electron chi connectivity index (χ2n) is 8.76. The van der Waals surface area contributed by atoms with Crippen LogP contribution in [0.15, 0.2) is 0 Å². The fraction of sp³-hybridized carbons (Fsp3) is 0.895. The number of carboxylic acid groups (broad SMARTS) is 1. The standard InChI is InChI=1S/C19H30O4/c1-12(20)23-15-6-9-19(3)14(10-15)5-4-13-11-18(2,17(21)22)8-7-16(13)19/h13-16H,4-11H2,1-3H3,(H,21,22)/t13?,14?,15?,16?,18-,19?/m0/s1. The minimum absolute atomic E-state index is 0.0926. The van der Waals surface area contributed by atoms with Gasteiger partial charge in [-0.1, -0.05) is 6.92 Å². The first-order valence-electron chi connectivity index (χ1n) is 9.15. The van der Waals surface area contributed by atoms with E-state index in [2.05, 4.69) is 6.92 Å². The van der Waals surface area contributed by atoms with Crippen LogP contribution in [-0.4, -0.2) is 23.1 Å². The van der Waals surface area contributed by atoms with Crippen molar-refractivity contribution in [3.63, 3.8) is 0 Å². The first-order valence-corrected chi connectivity index (χ1v) is 9.15. The van der Waals surface area contributed by atoms with Crippen molar-refractivity contribution in [2.24, 2.45) is 28.6 Å². The monoisotopic (exact) mass is 322 g/mol. The highest BCUT2D eigenvalue weighted by Crippen LogP contribution is 2.61. The number of carbonyl (C=O) groups is 2. The molecule has 1 N–H and O–H groups in total. The highest BCUT2D eigenvalue weighted by molar-refractivity contribution is 5.74. The van der Waals surface area contributed by atoms with Gasteiger partial charge in [0.15, 0.2) is 0 Å². The van der Waals surface area contributed by atoms with E-state index in [1.807, 2.05) is 6.92 Å². The topological polar surface area (TPSA) is 63.6 Å². The molecule has 0 aromatic rings. The Bertz CT molecular complexity index is 502. The van der Waals surface area contributed by atoms with Gasteiger partial charge >= 0.3 is 11.9 Å². The molecule has 0 saturated heterocycles. The van der Waals surface area contributed by atoms with Crippen molar-refractivity contribution >= 4 is 11.9 Å². The summed E-state index contributed by atoms with van der Waals surface area (Å²) in [4.78, 5) is 22.8. The van der Waals surface area contributed by atoms with Crippen LogP contribution in [0.3, 0.4) is 0 Å². The van der Waals surface area contributed by atoms with E-state index in [-0.39, 0.29) is 12.1 Å². The Morgan fingerprint density at radius 2 is 1.83 bits per heavy atom. The van der Waals surface area contributed by atoms with Crippen LogP contribution < -0.4 is 0 Å². The van der Waals surface area contributed by atoms with Crippen LogP contribution in [0.2, 0.25) is 0 Å². The van der Waals surface area contributed by atoms with E-state index in [4.69, 9.17) is 4.74 Å². The molecule has 0 amide bonds. The van der Waals surface area contributed by atoms with E-state index in [0.717, 1.165) is 51.4 Å². The number of carboxylic acids is 1. The first kappa shape index (κ1) is 16.8. The lowest BCUT2D eigenvalue weighted by Crippen LogP contribution is -2.52. The molecule has 0 aromatic carbocycles. The third kappa shape index (κ3) is 2.89. The SMILES string of the molecule is CC(=O)OC1CCC2(C)C(CCC3C[C@@](C)(C(=O)O)CCC32)C1. The number of aliphatic carboxylic acids is 1. The molecule has 5 unspecified atom stereocenters. The van der Waals surface area contributed by atoms with Gasteiger partial charge in [-0.05, 0) is 81.5 Å². The number of hydrogen-bond acceptors (Lipinski definition) is 3. The summed E-state index contributed by atoms with van der Waals surface area (Å²) in [6.07, 6.45) is 8.14. The molecule has 3 aliphatic rings. The average molecular weight is 322 g/mol. The van der Waals surface area contributed by atoms with Gasteiger partial charge in [0.1, 0.15) is 6.10 Å². The van der Waals surface area contributed by atoms with Gasteiger partial charge in [0.2, 0.25) is 0 Å². The van der Waals surface area contributed by atoms with Crippen LogP contribution >= 0.6 is 0 Å². The van der Waals surface area contributed by atoms with Gasteiger partial charge < -0.3 is 9.84 Å². The van der Waals surface area contributed by atoms with Gasteiger partial charge in [-0.2, -0.15) is 0 Å². The summed E-state index contributed by atoms with van der Waals surface area (Å²) >= 11 is 0. The molecule has 3 rings (SSSR count). The maximum atomic E-state index is 11.6. The molecule has 6 atom stereocenters. The van der Waals surface area contributed by atoms with Crippen LogP contribution in [0.25, 0.3) is 0 Å². The number of hydrogen-bond donors (Lipinski definition) is 1. The summed E-state index contributed by atoms with van der Waals surface area (Å²) in [5, 5.41) is 9.55. The van der Waals surface area contributed by atoms with Gasteiger partial charge in [-0.15, -0.1) is 0 Å². The Labute approximate surface area is 139 Å². The van der Waals surface area contributed by atoms with Gasteiger partial charge in [-0.3, -0.25) is 9.59 Å². The van der Waals surface area contributed by atoms with E-state index in [0.29, 0.717) is 23.2 Å². The van der Waals surface area contributed by atoms with Crippen molar-refractivity contribution in [1.82, 2.24) is 0 Å². The maximum Gasteiger partial charge on any atom is 0.309 e. The van der Waals surface area contributed by atoms with Gasteiger partial charge in [0.25, 0.3) is 0 Å². The zero-order chi connectivity index (χ0) is 16.8. The van der Waals surface area contributed by atoms with Crippen molar-refractivity contribution in [2.75, 3.05) is 0 Å². The molecule has 0 bridgehead atoms. The average Bonchev–Trinajstić information content (AvgIpc) is 2.47. The highest BCUT2D eigenvalue weighted by atomic mass is 16.5. The van der Waals surface area contributed by atoms with Crippen molar-refractivity contribution in [1.29, 1.82) is 0 Å². The normalized spacial score (nSPS) is 46.4. The number of fused-ring (bicyclic) bond motifs is 3. The summed E-state index contributed by atoms with van der Waals surface area (Å²) in [5.41, 5.74) is -0.224. The van der Waals surface area contributed by atoms with Crippen LogP contribution in [0.5, 0.6) is 0 Å². The molecule has 3 saturated carbocycles. The molecular formula is C19H30O4. The summed E-state index contributed by atoms with van der Waals surface area (Å²) in [5.74, 6) is 1.03. The summed E-state index contributed by atoms with van der Waals surface area (Å²) < 4.78 is 5.47. The Balaban J connectivity index is 1.72. The fourth-order valence-corrected chi connectivity index (χ4v) is 5.97. The van der Waals surface area contributed by atoms with Gasteiger partial charge in [0.05, 0.1) is 5.41 Å². The number of carbonyl (C=O) groups excluding carboxylic acids is 1. The van der Waals surface area contributed by atoms with Crippen molar-refractivity contribution < 1.29 is 19.4 Å². The number of rotatable bonds is 2. The number of esters is 1. The maximum absolute atomic E-state index is 11.6. The van der Waals surface area contributed by atoms with Crippen molar-refractivity contribution in [3.05, 3.63) is 0 Å². The van der Waals surface area contributed by atoms with Crippen molar-refractivity contribution in [2.45, 2.75) is 78.2 Å². The molecule has 130 valence electrons. The van der Waals surface area contributed by atoms with Crippen molar-refractivity contribution in [3.8, 4) is 0 Å². The van der Waals surface area contributed by atoms with Crippen LogP contribution in [0.4, 0.5) is 0 Å².